The van der Waals surface area contributed by atoms with Gasteiger partial charge in [-0.3, -0.25) is 0 Å². The molecule has 0 aliphatic rings. The van der Waals surface area contributed by atoms with Crippen LogP contribution in [0.1, 0.15) is 5.56 Å². The Morgan fingerprint density at radius 3 is 2.87 bits per heavy atom. The largest absolute Gasteiger partial charge is 0.395 e. The van der Waals surface area contributed by atoms with Crippen molar-refractivity contribution < 1.29 is 9.94 Å². The van der Waals surface area contributed by atoms with E-state index in [2.05, 4.69) is 10.5 Å². The lowest BCUT2D eigenvalue weighted by molar-refractivity contribution is 0.131. The van der Waals surface area contributed by atoms with E-state index in [0.29, 0.717) is 19.7 Å². The molecule has 15 heavy (non-hydrogen) atoms. The van der Waals surface area contributed by atoms with Crippen LogP contribution in [0.5, 0.6) is 0 Å². The number of rotatable bonds is 7. The first-order chi connectivity index (χ1) is 7.43. The summed E-state index contributed by atoms with van der Waals surface area (Å²) in [6.07, 6.45) is 1.64. The lowest BCUT2D eigenvalue weighted by Crippen LogP contribution is -2.20. The number of aliphatic hydroxyl groups excluding tert-OH is 1. The van der Waals surface area contributed by atoms with E-state index in [1.807, 2.05) is 30.3 Å². The van der Waals surface area contributed by atoms with E-state index in [0.717, 1.165) is 5.56 Å². The molecule has 0 radical (unpaired) electrons. The van der Waals surface area contributed by atoms with Gasteiger partial charge in [-0.05, 0) is 5.56 Å². The molecule has 82 valence electrons. The molecule has 0 atom stereocenters. The van der Waals surface area contributed by atoms with Crippen molar-refractivity contribution in [3.63, 3.8) is 0 Å². The van der Waals surface area contributed by atoms with Gasteiger partial charge in [0.1, 0.15) is 6.61 Å². The van der Waals surface area contributed by atoms with E-state index in [1.165, 1.54) is 0 Å². The van der Waals surface area contributed by atoms with E-state index in [-0.39, 0.29) is 6.61 Å². The summed E-state index contributed by atoms with van der Waals surface area (Å²) in [5, 5.41) is 15.2. The Morgan fingerprint density at radius 1 is 1.33 bits per heavy atom. The SMILES string of the molecule is OCCNC/C=N/OCc1ccccc1. The zero-order valence-electron chi connectivity index (χ0n) is 8.60. The number of aliphatic hydroxyl groups is 1. The summed E-state index contributed by atoms with van der Waals surface area (Å²) in [4.78, 5) is 5.07. The van der Waals surface area contributed by atoms with Crippen LogP contribution in [0.4, 0.5) is 0 Å². The van der Waals surface area contributed by atoms with Gasteiger partial charge < -0.3 is 15.3 Å². The Bertz CT molecular complexity index is 275. The molecule has 1 aromatic rings. The first-order valence-electron chi connectivity index (χ1n) is 4.93. The smallest absolute Gasteiger partial charge is 0.142 e. The zero-order chi connectivity index (χ0) is 10.8. The molecule has 2 N–H and O–H groups in total. The van der Waals surface area contributed by atoms with Crippen molar-refractivity contribution in [3.05, 3.63) is 35.9 Å². The lowest BCUT2D eigenvalue weighted by atomic mass is 10.2. The molecule has 1 aromatic carbocycles. The highest BCUT2D eigenvalue weighted by Crippen LogP contribution is 1.99. The van der Waals surface area contributed by atoms with Crippen molar-refractivity contribution in [2.75, 3.05) is 19.7 Å². The number of benzene rings is 1. The van der Waals surface area contributed by atoms with Gasteiger partial charge in [0.2, 0.25) is 0 Å². The second-order valence-electron chi connectivity index (χ2n) is 2.97. The minimum Gasteiger partial charge on any atom is -0.395 e. The van der Waals surface area contributed by atoms with Crippen LogP contribution in [0.2, 0.25) is 0 Å². The summed E-state index contributed by atoms with van der Waals surface area (Å²) in [6.45, 7) is 1.80. The summed E-state index contributed by atoms with van der Waals surface area (Å²) < 4.78 is 0. The number of hydrogen-bond acceptors (Lipinski definition) is 4. The van der Waals surface area contributed by atoms with Gasteiger partial charge in [-0.25, -0.2) is 0 Å². The third kappa shape index (κ3) is 5.83. The van der Waals surface area contributed by atoms with Crippen LogP contribution in [0.3, 0.4) is 0 Å². The minimum absolute atomic E-state index is 0.138. The third-order valence-electron chi connectivity index (χ3n) is 1.75. The van der Waals surface area contributed by atoms with Crippen LogP contribution < -0.4 is 5.32 Å². The van der Waals surface area contributed by atoms with Crippen molar-refractivity contribution in [3.8, 4) is 0 Å². The van der Waals surface area contributed by atoms with Gasteiger partial charge in [0, 0.05) is 13.1 Å². The summed E-state index contributed by atoms with van der Waals surface area (Å²) in [6, 6.07) is 9.86. The van der Waals surface area contributed by atoms with Crippen LogP contribution in [-0.4, -0.2) is 31.0 Å². The predicted octanol–water partition coefficient (Wildman–Crippen LogP) is 0.771. The fraction of sp³-hybridized carbons (Fsp3) is 0.364. The highest BCUT2D eigenvalue weighted by Gasteiger charge is 1.88. The molecule has 0 aliphatic heterocycles. The van der Waals surface area contributed by atoms with Gasteiger partial charge in [0.15, 0.2) is 0 Å². The molecular weight excluding hydrogens is 192 g/mol. The van der Waals surface area contributed by atoms with E-state index < -0.39 is 0 Å². The van der Waals surface area contributed by atoms with Gasteiger partial charge in [-0.15, -0.1) is 0 Å². The molecular formula is C11H16N2O2. The molecule has 0 saturated carbocycles. The Morgan fingerprint density at radius 2 is 2.13 bits per heavy atom. The molecule has 4 heteroatoms. The topological polar surface area (TPSA) is 53.8 Å². The van der Waals surface area contributed by atoms with Crippen molar-refractivity contribution in [1.29, 1.82) is 0 Å². The molecule has 0 fully saturated rings. The van der Waals surface area contributed by atoms with Gasteiger partial charge in [0.25, 0.3) is 0 Å². The van der Waals surface area contributed by atoms with Crippen LogP contribution >= 0.6 is 0 Å². The summed E-state index contributed by atoms with van der Waals surface area (Å²) in [7, 11) is 0. The second-order valence-corrected chi connectivity index (χ2v) is 2.97. The molecule has 0 bridgehead atoms. The van der Waals surface area contributed by atoms with E-state index in [4.69, 9.17) is 9.94 Å². The average molecular weight is 208 g/mol. The van der Waals surface area contributed by atoms with Crippen LogP contribution in [0.25, 0.3) is 0 Å². The molecule has 0 saturated heterocycles. The third-order valence-corrected chi connectivity index (χ3v) is 1.75. The Hall–Kier alpha value is -1.39. The highest BCUT2D eigenvalue weighted by atomic mass is 16.6. The molecule has 0 spiro atoms. The summed E-state index contributed by atoms with van der Waals surface area (Å²) in [5.41, 5.74) is 1.10. The number of hydrogen-bond donors (Lipinski definition) is 2. The maximum atomic E-state index is 8.48. The van der Waals surface area contributed by atoms with Crippen molar-refractivity contribution in [1.82, 2.24) is 5.32 Å². The normalized spacial score (nSPS) is 10.7. The highest BCUT2D eigenvalue weighted by molar-refractivity contribution is 5.58. The van der Waals surface area contributed by atoms with E-state index >= 15 is 0 Å². The summed E-state index contributed by atoms with van der Waals surface area (Å²) in [5.74, 6) is 0. The monoisotopic (exact) mass is 208 g/mol. The Kier molecular flexibility index (Phi) is 6.20. The van der Waals surface area contributed by atoms with Crippen molar-refractivity contribution in [2.45, 2.75) is 6.61 Å². The van der Waals surface area contributed by atoms with E-state index in [9.17, 15) is 0 Å². The first-order valence-corrected chi connectivity index (χ1v) is 4.93. The first kappa shape index (κ1) is 11.7. The zero-order valence-corrected chi connectivity index (χ0v) is 8.60. The standard InChI is InChI=1S/C11H16N2O2/c14-9-8-12-6-7-13-15-10-11-4-2-1-3-5-11/h1-5,7,12,14H,6,8-10H2/b13-7+. The Labute approximate surface area is 89.6 Å². The fourth-order valence-electron chi connectivity index (χ4n) is 1.02. The van der Waals surface area contributed by atoms with Gasteiger partial charge >= 0.3 is 0 Å². The van der Waals surface area contributed by atoms with Gasteiger partial charge in [-0.1, -0.05) is 35.5 Å². The number of oxime groups is 1. The molecule has 0 aliphatic carbocycles. The molecule has 4 nitrogen and oxygen atoms in total. The molecule has 0 heterocycles. The molecule has 0 aromatic heterocycles. The minimum atomic E-state index is 0.138. The van der Waals surface area contributed by atoms with Gasteiger partial charge in [0.05, 0.1) is 12.8 Å². The van der Waals surface area contributed by atoms with E-state index in [1.54, 1.807) is 6.21 Å². The molecule has 1 rings (SSSR count). The number of nitrogens with one attached hydrogen (secondary N) is 1. The fourth-order valence-corrected chi connectivity index (χ4v) is 1.02. The Balaban J connectivity index is 2.06. The van der Waals surface area contributed by atoms with Crippen LogP contribution in [0, 0.1) is 0 Å². The maximum absolute atomic E-state index is 8.48. The van der Waals surface area contributed by atoms with Crippen LogP contribution in [0.15, 0.2) is 35.5 Å². The lowest BCUT2D eigenvalue weighted by Gasteiger charge is -1.99. The second kappa shape index (κ2) is 7.96. The van der Waals surface area contributed by atoms with Gasteiger partial charge in [-0.2, -0.15) is 0 Å². The number of nitrogens with zero attached hydrogens (tertiary/aromatic N) is 1. The van der Waals surface area contributed by atoms with Crippen molar-refractivity contribution in [2.24, 2.45) is 5.16 Å². The summed E-state index contributed by atoms with van der Waals surface area (Å²) >= 11 is 0. The van der Waals surface area contributed by atoms with Crippen LogP contribution in [-0.2, 0) is 11.4 Å². The molecule has 0 unspecified atom stereocenters. The quantitative estimate of drug-likeness (QED) is 0.395. The maximum Gasteiger partial charge on any atom is 0.142 e. The predicted molar refractivity (Wildman–Crippen MR) is 59.7 cm³/mol. The molecule has 0 amide bonds. The van der Waals surface area contributed by atoms with Crippen molar-refractivity contribution >= 4 is 6.21 Å². The average Bonchev–Trinajstić information content (AvgIpc) is 2.29.